The Morgan fingerprint density at radius 2 is 2.10 bits per heavy atom. The summed E-state index contributed by atoms with van der Waals surface area (Å²) in [7, 11) is 3.62. The molecule has 4 aromatic rings. The van der Waals surface area contributed by atoms with Gasteiger partial charge >= 0.3 is 0 Å². The summed E-state index contributed by atoms with van der Waals surface area (Å²) in [5.41, 5.74) is 1.44. The molecular weight excluding hydrogens is 384 g/mol. The molecule has 1 fully saturated rings. The molecule has 4 aromatic heterocycles. The first kappa shape index (κ1) is 18.2. The molecule has 0 radical (unpaired) electrons. The molecule has 0 unspecified atom stereocenters. The third-order valence-electron chi connectivity index (χ3n) is 4.98. The van der Waals surface area contributed by atoms with E-state index in [0.717, 1.165) is 29.3 Å². The first-order chi connectivity index (χ1) is 14.6. The smallest absolute Gasteiger partial charge is 0.228 e. The van der Waals surface area contributed by atoms with Gasteiger partial charge in [0.15, 0.2) is 5.82 Å². The van der Waals surface area contributed by atoms with Crippen LogP contribution in [0.2, 0.25) is 0 Å². The van der Waals surface area contributed by atoms with Gasteiger partial charge in [0.25, 0.3) is 0 Å². The zero-order valence-corrected chi connectivity index (χ0v) is 16.6. The van der Waals surface area contributed by atoms with Crippen molar-refractivity contribution in [3.63, 3.8) is 0 Å². The van der Waals surface area contributed by atoms with E-state index >= 15 is 0 Å². The second-order valence-electron chi connectivity index (χ2n) is 7.30. The summed E-state index contributed by atoms with van der Waals surface area (Å²) in [4.78, 5) is 29.8. The molecule has 0 saturated heterocycles. The molecule has 1 aliphatic carbocycles. The maximum atomic E-state index is 12.1. The van der Waals surface area contributed by atoms with Crippen LogP contribution < -0.4 is 10.6 Å². The van der Waals surface area contributed by atoms with Crippen molar-refractivity contribution in [2.45, 2.75) is 19.3 Å². The molecule has 0 atom stereocenters. The third kappa shape index (κ3) is 3.47. The molecule has 4 heterocycles. The minimum absolute atomic E-state index is 0.00701. The Morgan fingerprint density at radius 3 is 2.83 bits per heavy atom. The standard InChI is InChI=1S/C20H20N8O2/c1-21-18-14-7-22-16(26-19(29)11-3-4-11)6-13(14)15(8-23-18)20-25-12(9-30-20)5-17-24-10-28(2)27-17/h6-11H,3-5H2,1-2H3,(H,21,23)(H,22,26,29). The van der Waals surface area contributed by atoms with E-state index in [2.05, 4.69) is 35.7 Å². The van der Waals surface area contributed by atoms with Crippen LogP contribution in [-0.2, 0) is 18.3 Å². The predicted molar refractivity (Wildman–Crippen MR) is 110 cm³/mol. The van der Waals surface area contributed by atoms with Gasteiger partial charge in [-0.1, -0.05) is 0 Å². The van der Waals surface area contributed by atoms with Gasteiger partial charge in [-0.3, -0.25) is 9.48 Å². The molecule has 0 aliphatic heterocycles. The lowest BCUT2D eigenvalue weighted by atomic mass is 10.1. The van der Waals surface area contributed by atoms with Crippen LogP contribution in [0.5, 0.6) is 0 Å². The van der Waals surface area contributed by atoms with E-state index in [-0.39, 0.29) is 11.8 Å². The van der Waals surface area contributed by atoms with Gasteiger partial charge in [0.2, 0.25) is 11.8 Å². The summed E-state index contributed by atoms with van der Waals surface area (Å²) in [6.45, 7) is 0. The lowest BCUT2D eigenvalue weighted by molar-refractivity contribution is -0.117. The van der Waals surface area contributed by atoms with Gasteiger partial charge < -0.3 is 15.1 Å². The number of anilines is 2. The molecule has 0 bridgehead atoms. The number of nitrogens with zero attached hydrogens (tertiary/aromatic N) is 6. The molecular formula is C20H20N8O2. The van der Waals surface area contributed by atoms with Gasteiger partial charge in [0, 0.05) is 43.2 Å². The summed E-state index contributed by atoms with van der Waals surface area (Å²) < 4.78 is 7.39. The van der Waals surface area contributed by atoms with Crippen LogP contribution in [0.1, 0.15) is 24.4 Å². The molecule has 10 nitrogen and oxygen atoms in total. The average molecular weight is 404 g/mol. The van der Waals surface area contributed by atoms with Gasteiger partial charge in [-0.2, -0.15) is 5.10 Å². The van der Waals surface area contributed by atoms with E-state index in [9.17, 15) is 4.79 Å². The molecule has 1 aliphatic rings. The highest BCUT2D eigenvalue weighted by molar-refractivity contribution is 6.02. The minimum Gasteiger partial charge on any atom is -0.444 e. The number of nitrogens with one attached hydrogen (secondary N) is 2. The molecule has 10 heteroatoms. The van der Waals surface area contributed by atoms with Gasteiger partial charge in [0.05, 0.1) is 17.7 Å². The highest BCUT2D eigenvalue weighted by Gasteiger charge is 2.30. The van der Waals surface area contributed by atoms with Gasteiger partial charge in [-0.25, -0.2) is 19.9 Å². The number of fused-ring (bicyclic) bond motifs is 1. The van der Waals surface area contributed by atoms with Crippen LogP contribution in [0.4, 0.5) is 11.6 Å². The molecule has 0 aromatic carbocycles. The normalized spacial score (nSPS) is 13.5. The summed E-state index contributed by atoms with van der Waals surface area (Å²) in [5.74, 6) is 2.39. The Morgan fingerprint density at radius 1 is 1.23 bits per heavy atom. The molecule has 1 amide bonds. The lowest BCUT2D eigenvalue weighted by Crippen LogP contribution is -2.14. The predicted octanol–water partition coefficient (Wildman–Crippen LogP) is 2.39. The first-order valence-corrected chi connectivity index (χ1v) is 9.67. The second kappa shape index (κ2) is 7.21. The van der Waals surface area contributed by atoms with E-state index in [1.54, 1.807) is 36.7 Å². The van der Waals surface area contributed by atoms with Gasteiger partial charge in [-0.05, 0) is 18.9 Å². The number of pyridine rings is 2. The Hall–Kier alpha value is -3.82. The largest absolute Gasteiger partial charge is 0.444 e. The van der Waals surface area contributed by atoms with Crippen molar-refractivity contribution < 1.29 is 9.21 Å². The van der Waals surface area contributed by atoms with Crippen molar-refractivity contribution >= 4 is 28.3 Å². The second-order valence-corrected chi connectivity index (χ2v) is 7.30. The summed E-state index contributed by atoms with van der Waals surface area (Å²) >= 11 is 0. The van der Waals surface area contributed by atoms with E-state index in [0.29, 0.717) is 35.3 Å². The summed E-state index contributed by atoms with van der Waals surface area (Å²) in [6.07, 6.45) is 8.98. The van der Waals surface area contributed by atoms with Gasteiger partial charge in [0.1, 0.15) is 24.2 Å². The summed E-state index contributed by atoms with van der Waals surface area (Å²) in [5, 5.41) is 11.9. The van der Waals surface area contributed by atoms with Gasteiger partial charge in [-0.15, -0.1) is 0 Å². The summed E-state index contributed by atoms with van der Waals surface area (Å²) in [6, 6.07) is 1.83. The monoisotopic (exact) mass is 404 g/mol. The Balaban J connectivity index is 1.51. The number of rotatable bonds is 6. The van der Waals surface area contributed by atoms with Crippen molar-refractivity contribution in [2.24, 2.45) is 13.0 Å². The van der Waals surface area contributed by atoms with Crippen molar-refractivity contribution in [3.8, 4) is 11.5 Å². The Labute approximate surface area is 171 Å². The van der Waals surface area contributed by atoms with E-state index in [4.69, 9.17) is 4.42 Å². The number of carbonyl (C=O) groups is 1. The lowest BCUT2D eigenvalue weighted by Gasteiger charge is -2.10. The number of amides is 1. The topological polar surface area (TPSA) is 124 Å². The van der Waals surface area contributed by atoms with Crippen molar-refractivity contribution in [3.05, 3.63) is 42.6 Å². The number of hydrogen-bond acceptors (Lipinski definition) is 8. The number of aromatic nitrogens is 6. The van der Waals surface area contributed by atoms with Crippen molar-refractivity contribution in [2.75, 3.05) is 17.7 Å². The van der Waals surface area contributed by atoms with Crippen LogP contribution in [0.15, 0.2) is 35.5 Å². The van der Waals surface area contributed by atoms with Crippen LogP contribution in [0.25, 0.3) is 22.2 Å². The maximum Gasteiger partial charge on any atom is 0.228 e. The fraction of sp³-hybridized carbons (Fsp3) is 0.300. The molecule has 1 saturated carbocycles. The molecule has 0 spiro atoms. The first-order valence-electron chi connectivity index (χ1n) is 9.67. The zero-order valence-electron chi connectivity index (χ0n) is 16.6. The quantitative estimate of drug-likeness (QED) is 0.502. The molecule has 30 heavy (non-hydrogen) atoms. The van der Waals surface area contributed by atoms with Crippen LogP contribution in [-0.4, -0.2) is 42.7 Å². The van der Waals surface area contributed by atoms with Crippen LogP contribution >= 0.6 is 0 Å². The zero-order chi connectivity index (χ0) is 20.7. The number of oxazole rings is 1. The SMILES string of the molecule is CNc1ncc(-c2nc(Cc3ncn(C)n3)co2)c2cc(NC(=O)C3CC3)ncc12. The third-order valence-corrected chi connectivity index (χ3v) is 4.98. The van der Waals surface area contributed by atoms with Crippen LogP contribution in [0.3, 0.4) is 0 Å². The number of carbonyl (C=O) groups excluding carboxylic acids is 1. The fourth-order valence-electron chi connectivity index (χ4n) is 3.29. The molecule has 2 N–H and O–H groups in total. The maximum absolute atomic E-state index is 12.1. The van der Waals surface area contributed by atoms with E-state index < -0.39 is 0 Å². The molecule has 152 valence electrons. The molecule has 5 rings (SSSR count). The van der Waals surface area contributed by atoms with E-state index in [1.165, 1.54) is 0 Å². The Kier molecular flexibility index (Phi) is 4.38. The van der Waals surface area contributed by atoms with E-state index in [1.807, 2.05) is 13.1 Å². The fourth-order valence-corrected chi connectivity index (χ4v) is 3.29. The van der Waals surface area contributed by atoms with Crippen molar-refractivity contribution in [1.29, 1.82) is 0 Å². The highest BCUT2D eigenvalue weighted by Crippen LogP contribution is 2.33. The Bertz CT molecular complexity index is 1240. The minimum atomic E-state index is 0.00701. The highest BCUT2D eigenvalue weighted by atomic mass is 16.3. The number of hydrogen-bond donors (Lipinski definition) is 2. The average Bonchev–Trinajstić information content (AvgIpc) is 3.38. The van der Waals surface area contributed by atoms with Crippen molar-refractivity contribution in [1.82, 2.24) is 29.7 Å². The number of aryl methyl sites for hydroxylation is 1. The van der Waals surface area contributed by atoms with Crippen LogP contribution in [0, 0.1) is 5.92 Å².